The average molecular weight is 475 g/mol. The first-order chi connectivity index (χ1) is 16.9. The highest BCUT2D eigenvalue weighted by atomic mass is 19.1. The molecule has 0 unspecified atom stereocenters. The monoisotopic (exact) mass is 475 g/mol. The van der Waals surface area contributed by atoms with Gasteiger partial charge in [0.1, 0.15) is 24.7 Å². The molecule has 4 amide bonds. The third kappa shape index (κ3) is 5.64. The standard InChI is InChI=1S/C26H22FN3O5/c1-34-22-12-11-18(14-23(22)35-16-17-7-3-2-4-8-17)13-21-25(32)30(26(33)29-21)15-24(31)28-20-10-6-5-9-19(20)27/h2-14H,15-16H2,1H3,(H,28,31)(H,29,33)/b21-13+. The van der Waals surface area contributed by atoms with Gasteiger partial charge in [0.25, 0.3) is 5.91 Å². The quantitative estimate of drug-likeness (QED) is 0.380. The molecule has 35 heavy (non-hydrogen) atoms. The van der Waals surface area contributed by atoms with Gasteiger partial charge in [-0.3, -0.25) is 9.59 Å². The Labute approximate surface area is 201 Å². The van der Waals surface area contributed by atoms with Gasteiger partial charge in [0.2, 0.25) is 5.91 Å². The number of benzene rings is 3. The van der Waals surface area contributed by atoms with Crippen LogP contribution in [0.5, 0.6) is 11.5 Å². The van der Waals surface area contributed by atoms with E-state index in [4.69, 9.17) is 9.47 Å². The zero-order valence-corrected chi connectivity index (χ0v) is 18.8. The summed E-state index contributed by atoms with van der Waals surface area (Å²) < 4.78 is 25.0. The van der Waals surface area contributed by atoms with Crippen molar-refractivity contribution in [2.24, 2.45) is 0 Å². The van der Waals surface area contributed by atoms with Gasteiger partial charge in [0.05, 0.1) is 12.8 Å². The van der Waals surface area contributed by atoms with Gasteiger partial charge in [-0.25, -0.2) is 14.1 Å². The van der Waals surface area contributed by atoms with Crippen molar-refractivity contribution in [1.82, 2.24) is 10.2 Å². The Morgan fingerprint density at radius 2 is 1.77 bits per heavy atom. The summed E-state index contributed by atoms with van der Waals surface area (Å²) in [6.07, 6.45) is 1.48. The maximum Gasteiger partial charge on any atom is 0.329 e. The van der Waals surface area contributed by atoms with Gasteiger partial charge in [-0.05, 0) is 41.5 Å². The molecule has 0 aromatic heterocycles. The molecule has 1 heterocycles. The Morgan fingerprint density at radius 3 is 2.51 bits per heavy atom. The van der Waals surface area contributed by atoms with Gasteiger partial charge in [-0.1, -0.05) is 48.5 Å². The van der Waals surface area contributed by atoms with Crippen LogP contribution in [0.2, 0.25) is 0 Å². The molecule has 178 valence electrons. The maximum atomic E-state index is 13.8. The second-order valence-corrected chi connectivity index (χ2v) is 7.59. The van der Waals surface area contributed by atoms with Crippen LogP contribution in [0.4, 0.5) is 14.9 Å². The Balaban J connectivity index is 1.46. The van der Waals surface area contributed by atoms with Gasteiger partial charge in [0.15, 0.2) is 11.5 Å². The van der Waals surface area contributed by atoms with E-state index in [2.05, 4.69) is 10.6 Å². The van der Waals surface area contributed by atoms with Crippen molar-refractivity contribution >= 4 is 29.6 Å². The molecule has 0 radical (unpaired) electrons. The summed E-state index contributed by atoms with van der Waals surface area (Å²) in [7, 11) is 1.52. The van der Waals surface area contributed by atoms with Crippen LogP contribution in [0, 0.1) is 5.82 Å². The molecule has 2 N–H and O–H groups in total. The van der Waals surface area contributed by atoms with E-state index in [0.717, 1.165) is 10.5 Å². The zero-order chi connectivity index (χ0) is 24.8. The number of para-hydroxylation sites is 1. The number of anilines is 1. The van der Waals surface area contributed by atoms with E-state index in [9.17, 15) is 18.8 Å². The molecule has 3 aromatic rings. The molecule has 1 saturated heterocycles. The van der Waals surface area contributed by atoms with Crippen LogP contribution < -0.4 is 20.1 Å². The molecule has 1 aliphatic rings. The maximum absolute atomic E-state index is 13.8. The molecule has 0 spiro atoms. The normalized spacial score (nSPS) is 14.1. The minimum Gasteiger partial charge on any atom is -0.493 e. The first kappa shape index (κ1) is 23.5. The smallest absolute Gasteiger partial charge is 0.329 e. The molecule has 8 nitrogen and oxygen atoms in total. The number of carbonyl (C=O) groups excluding carboxylic acids is 3. The Kier molecular flexibility index (Phi) is 7.06. The molecule has 0 aliphatic carbocycles. The van der Waals surface area contributed by atoms with Crippen LogP contribution in [0.15, 0.2) is 78.5 Å². The summed E-state index contributed by atoms with van der Waals surface area (Å²) in [6.45, 7) is -0.248. The molecule has 0 atom stereocenters. The molecule has 1 aliphatic heterocycles. The van der Waals surface area contributed by atoms with Gasteiger partial charge in [-0.2, -0.15) is 0 Å². The van der Waals surface area contributed by atoms with Crippen LogP contribution >= 0.6 is 0 Å². The number of nitrogens with one attached hydrogen (secondary N) is 2. The van der Waals surface area contributed by atoms with Crippen LogP contribution in [0.3, 0.4) is 0 Å². The fourth-order valence-corrected chi connectivity index (χ4v) is 3.41. The number of hydrogen-bond acceptors (Lipinski definition) is 5. The Hall–Kier alpha value is -4.66. The number of methoxy groups -OCH3 is 1. The van der Waals surface area contributed by atoms with Gasteiger partial charge in [0, 0.05) is 0 Å². The lowest BCUT2D eigenvalue weighted by Crippen LogP contribution is -2.38. The molecule has 9 heteroatoms. The molecule has 0 bridgehead atoms. The van der Waals surface area contributed by atoms with Crippen molar-refractivity contribution < 1.29 is 28.2 Å². The number of ether oxygens (including phenoxy) is 2. The van der Waals surface area contributed by atoms with Crippen molar-refractivity contribution in [2.45, 2.75) is 6.61 Å². The Bertz CT molecular complexity index is 1290. The highest BCUT2D eigenvalue weighted by Crippen LogP contribution is 2.30. The number of carbonyl (C=O) groups is 3. The van der Waals surface area contributed by atoms with Crippen LogP contribution in [-0.4, -0.2) is 36.4 Å². The van der Waals surface area contributed by atoms with Crippen LogP contribution in [-0.2, 0) is 16.2 Å². The second kappa shape index (κ2) is 10.5. The SMILES string of the molecule is COc1ccc(/C=C2/NC(=O)N(CC(=O)Nc3ccccc3F)C2=O)cc1OCc1ccccc1. The topological polar surface area (TPSA) is 97.0 Å². The number of hydrogen-bond donors (Lipinski definition) is 2. The van der Waals surface area contributed by atoms with Gasteiger partial charge < -0.3 is 20.1 Å². The van der Waals surface area contributed by atoms with Crippen molar-refractivity contribution in [3.05, 3.63) is 95.4 Å². The predicted molar refractivity (Wildman–Crippen MR) is 127 cm³/mol. The lowest BCUT2D eigenvalue weighted by molar-refractivity contribution is -0.127. The number of amides is 4. The van der Waals surface area contributed by atoms with E-state index in [0.29, 0.717) is 23.7 Å². The van der Waals surface area contributed by atoms with E-state index in [1.807, 2.05) is 30.3 Å². The summed E-state index contributed by atoms with van der Waals surface area (Å²) in [6, 6.07) is 19.5. The van der Waals surface area contributed by atoms with Crippen LogP contribution in [0.25, 0.3) is 6.08 Å². The van der Waals surface area contributed by atoms with E-state index >= 15 is 0 Å². The molecular weight excluding hydrogens is 453 g/mol. The molecule has 1 fully saturated rings. The number of imide groups is 1. The fraction of sp³-hybridized carbons (Fsp3) is 0.115. The van der Waals surface area contributed by atoms with Gasteiger partial charge in [-0.15, -0.1) is 0 Å². The largest absolute Gasteiger partial charge is 0.493 e. The van der Waals surface area contributed by atoms with Crippen molar-refractivity contribution in [1.29, 1.82) is 0 Å². The third-order valence-corrected chi connectivity index (χ3v) is 5.15. The summed E-state index contributed by atoms with van der Waals surface area (Å²) in [5.74, 6) is -1.04. The van der Waals surface area contributed by atoms with E-state index in [-0.39, 0.29) is 11.4 Å². The second-order valence-electron chi connectivity index (χ2n) is 7.59. The Morgan fingerprint density at radius 1 is 1.03 bits per heavy atom. The number of rotatable bonds is 8. The molecular formula is C26H22FN3O5. The van der Waals surface area contributed by atoms with Crippen molar-refractivity contribution in [3.63, 3.8) is 0 Å². The van der Waals surface area contributed by atoms with E-state index < -0.39 is 30.2 Å². The zero-order valence-electron chi connectivity index (χ0n) is 18.8. The summed E-state index contributed by atoms with van der Waals surface area (Å²) in [5.41, 5.74) is 1.51. The first-order valence-electron chi connectivity index (χ1n) is 10.7. The lowest BCUT2D eigenvalue weighted by Gasteiger charge is -2.12. The van der Waals surface area contributed by atoms with Crippen LogP contribution in [0.1, 0.15) is 11.1 Å². The predicted octanol–water partition coefficient (Wildman–Crippen LogP) is 3.94. The molecule has 0 saturated carbocycles. The van der Waals surface area contributed by atoms with E-state index in [1.54, 1.807) is 24.3 Å². The number of urea groups is 1. The van der Waals surface area contributed by atoms with Crippen molar-refractivity contribution in [2.75, 3.05) is 19.0 Å². The van der Waals surface area contributed by atoms with Gasteiger partial charge >= 0.3 is 6.03 Å². The number of nitrogens with zero attached hydrogens (tertiary/aromatic N) is 1. The summed E-state index contributed by atoms with van der Waals surface area (Å²) in [5, 5.41) is 4.81. The molecule has 3 aromatic carbocycles. The average Bonchev–Trinajstić information content (AvgIpc) is 3.12. The summed E-state index contributed by atoms with van der Waals surface area (Å²) in [4.78, 5) is 38.1. The van der Waals surface area contributed by atoms with Crippen molar-refractivity contribution in [3.8, 4) is 11.5 Å². The first-order valence-corrected chi connectivity index (χ1v) is 10.7. The highest BCUT2D eigenvalue weighted by Gasteiger charge is 2.35. The highest BCUT2D eigenvalue weighted by molar-refractivity contribution is 6.16. The molecule has 4 rings (SSSR count). The number of halogens is 1. The summed E-state index contributed by atoms with van der Waals surface area (Å²) >= 11 is 0. The lowest BCUT2D eigenvalue weighted by atomic mass is 10.1. The fourth-order valence-electron chi connectivity index (χ4n) is 3.41. The minimum absolute atomic E-state index is 0.00660. The minimum atomic E-state index is -0.751. The third-order valence-electron chi connectivity index (χ3n) is 5.15. The van der Waals surface area contributed by atoms with E-state index in [1.165, 1.54) is 31.4 Å².